The van der Waals surface area contributed by atoms with Crippen molar-refractivity contribution in [2.75, 3.05) is 13.1 Å². The summed E-state index contributed by atoms with van der Waals surface area (Å²) in [5.41, 5.74) is 3.32. The van der Waals surface area contributed by atoms with Crippen LogP contribution in [0, 0.1) is 12.3 Å². The quantitative estimate of drug-likeness (QED) is 0.602. The van der Waals surface area contributed by atoms with Crippen LogP contribution in [0.4, 0.5) is 0 Å². The molecule has 0 spiro atoms. The Labute approximate surface area is 161 Å². The van der Waals surface area contributed by atoms with Gasteiger partial charge in [-0.15, -0.1) is 0 Å². The Morgan fingerprint density at radius 1 is 0.815 bits per heavy atom. The van der Waals surface area contributed by atoms with Crippen LogP contribution in [0.1, 0.15) is 27.4 Å². The number of benzene rings is 3. The number of carbonyl (C=O) groups is 1. The SMILES string of the molecule is O=C(c1ccccc1)[C@@H]1CN(Cc2ccccc2)C[CH][C@@H]1c1ccccc1. The van der Waals surface area contributed by atoms with Crippen molar-refractivity contribution in [1.29, 1.82) is 0 Å². The first-order valence-corrected chi connectivity index (χ1v) is 9.55. The molecule has 1 saturated heterocycles. The fourth-order valence-electron chi connectivity index (χ4n) is 3.97. The number of rotatable bonds is 5. The molecule has 0 N–H and O–H groups in total. The van der Waals surface area contributed by atoms with E-state index in [1.165, 1.54) is 11.1 Å². The minimum atomic E-state index is -0.0627. The van der Waals surface area contributed by atoms with Crippen LogP contribution in [-0.2, 0) is 6.54 Å². The van der Waals surface area contributed by atoms with Crippen LogP contribution in [0.15, 0.2) is 91.0 Å². The zero-order chi connectivity index (χ0) is 18.5. The first-order valence-electron chi connectivity index (χ1n) is 9.55. The zero-order valence-electron chi connectivity index (χ0n) is 15.4. The molecule has 2 atom stereocenters. The van der Waals surface area contributed by atoms with Gasteiger partial charge in [0.25, 0.3) is 0 Å². The van der Waals surface area contributed by atoms with Gasteiger partial charge in [-0.25, -0.2) is 0 Å². The van der Waals surface area contributed by atoms with E-state index in [1.807, 2.05) is 42.5 Å². The number of nitrogens with zero attached hydrogens (tertiary/aromatic N) is 1. The van der Waals surface area contributed by atoms with Gasteiger partial charge in [-0.05, 0) is 23.5 Å². The highest BCUT2D eigenvalue weighted by Gasteiger charge is 2.35. The Kier molecular flexibility index (Phi) is 5.45. The number of hydrogen-bond acceptors (Lipinski definition) is 2. The molecule has 2 nitrogen and oxygen atoms in total. The van der Waals surface area contributed by atoms with Crippen LogP contribution in [0.5, 0.6) is 0 Å². The van der Waals surface area contributed by atoms with Crippen molar-refractivity contribution in [2.45, 2.75) is 12.5 Å². The number of likely N-dealkylation sites (tertiary alicyclic amines) is 1. The van der Waals surface area contributed by atoms with E-state index < -0.39 is 0 Å². The Hall–Kier alpha value is -2.71. The summed E-state index contributed by atoms with van der Waals surface area (Å²) in [6.45, 7) is 2.54. The lowest BCUT2D eigenvalue weighted by Crippen LogP contribution is -2.43. The smallest absolute Gasteiger partial charge is 0.167 e. The minimum absolute atomic E-state index is 0.0627. The number of carbonyl (C=O) groups excluding carboxylic acids is 1. The van der Waals surface area contributed by atoms with Crippen LogP contribution in [0.25, 0.3) is 0 Å². The van der Waals surface area contributed by atoms with Gasteiger partial charge < -0.3 is 0 Å². The number of ketones is 1. The van der Waals surface area contributed by atoms with Gasteiger partial charge in [0.2, 0.25) is 0 Å². The average molecular weight is 354 g/mol. The number of piperidine rings is 1. The standard InChI is InChI=1S/C25H24NO/c27-25(22-14-8-3-9-15-22)24-19-26(18-20-10-4-1-5-11-20)17-16-23(24)21-12-6-2-7-13-21/h1-16,23-24H,17-19H2/t23-,24-/m1/s1. The highest BCUT2D eigenvalue weighted by atomic mass is 16.1. The summed E-state index contributed by atoms with van der Waals surface area (Å²) in [6, 6.07) is 30.6. The van der Waals surface area contributed by atoms with Crippen LogP contribution in [0.2, 0.25) is 0 Å². The number of hydrogen-bond donors (Lipinski definition) is 0. The third kappa shape index (κ3) is 4.17. The predicted octanol–water partition coefficient (Wildman–Crippen LogP) is 4.99. The summed E-state index contributed by atoms with van der Waals surface area (Å²) in [6.07, 6.45) is 2.31. The van der Waals surface area contributed by atoms with E-state index >= 15 is 0 Å². The van der Waals surface area contributed by atoms with Gasteiger partial charge in [0.1, 0.15) is 0 Å². The highest BCUT2D eigenvalue weighted by Crippen LogP contribution is 2.35. The largest absolute Gasteiger partial charge is 0.298 e. The van der Waals surface area contributed by atoms with Crippen molar-refractivity contribution < 1.29 is 4.79 Å². The van der Waals surface area contributed by atoms with Gasteiger partial charge in [0.05, 0.1) is 0 Å². The van der Waals surface area contributed by atoms with Crippen molar-refractivity contribution in [3.8, 4) is 0 Å². The summed E-state index contributed by atoms with van der Waals surface area (Å²) in [4.78, 5) is 15.7. The second-order valence-corrected chi connectivity index (χ2v) is 7.19. The first-order chi connectivity index (χ1) is 13.3. The van der Waals surface area contributed by atoms with E-state index in [2.05, 4.69) is 59.9 Å². The topological polar surface area (TPSA) is 20.3 Å². The Bertz CT molecular complexity index is 861. The summed E-state index contributed by atoms with van der Waals surface area (Å²) in [5.74, 6) is 0.330. The van der Waals surface area contributed by atoms with Gasteiger partial charge in [0.15, 0.2) is 5.78 Å². The van der Waals surface area contributed by atoms with Crippen molar-refractivity contribution in [2.24, 2.45) is 5.92 Å². The molecule has 27 heavy (non-hydrogen) atoms. The molecule has 0 amide bonds. The molecule has 3 aromatic rings. The maximum atomic E-state index is 13.3. The van der Waals surface area contributed by atoms with Gasteiger partial charge in [-0.3, -0.25) is 9.69 Å². The fourth-order valence-corrected chi connectivity index (χ4v) is 3.97. The maximum absolute atomic E-state index is 13.3. The van der Waals surface area contributed by atoms with Gasteiger partial charge in [-0.1, -0.05) is 91.0 Å². The molecule has 1 heterocycles. The molecule has 0 unspecified atom stereocenters. The zero-order valence-corrected chi connectivity index (χ0v) is 15.4. The molecule has 3 aromatic carbocycles. The van der Waals surface area contributed by atoms with Crippen LogP contribution >= 0.6 is 0 Å². The highest BCUT2D eigenvalue weighted by molar-refractivity contribution is 5.98. The minimum Gasteiger partial charge on any atom is -0.298 e. The van der Waals surface area contributed by atoms with Crippen LogP contribution in [-0.4, -0.2) is 23.8 Å². The van der Waals surface area contributed by atoms with E-state index in [9.17, 15) is 4.79 Å². The predicted molar refractivity (Wildman–Crippen MR) is 109 cm³/mol. The van der Waals surface area contributed by atoms with E-state index in [1.54, 1.807) is 0 Å². The lowest BCUT2D eigenvalue weighted by molar-refractivity contribution is 0.0822. The lowest BCUT2D eigenvalue weighted by atomic mass is 9.76. The first kappa shape index (κ1) is 17.7. The summed E-state index contributed by atoms with van der Waals surface area (Å²) >= 11 is 0. The van der Waals surface area contributed by atoms with Crippen molar-refractivity contribution >= 4 is 5.78 Å². The average Bonchev–Trinajstić information content (AvgIpc) is 2.75. The van der Waals surface area contributed by atoms with Crippen molar-refractivity contribution in [3.05, 3.63) is 114 Å². The van der Waals surface area contributed by atoms with E-state index in [4.69, 9.17) is 0 Å². The molecule has 0 aromatic heterocycles. The fraction of sp³-hybridized carbons (Fsp3) is 0.200. The lowest BCUT2D eigenvalue weighted by Gasteiger charge is -2.38. The molecule has 1 fully saturated rings. The van der Waals surface area contributed by atoms with Crippen molar-refractivity contribution in [3.63, 3.8) is 0 Å². The molecular weight excluding hydrogens is 330 g/mol. The molecular formula is C25H24NO. The maximum Gasteiger partial charge on any atom is 0.167 e. The Morgan fingerprint density at radius 2 is 1.41 bits per heavy atom. The second kappa shape index (κ2) is 8.32. The van der Waals surface area contributed by atoms with Gasteiger partial charge in [-0.2, -0.15) is 0 Å². The molecule has 0 bridgehead atoms. The summed E-state index contributed by atoms with van der Waals surface area (Å²) < 4.78 is 0. The Balaban J connectivity index is 1.59. The molecule has 0 aliphatic carbocycles. The van der Waals surface area contributed by atoms with E-state index in [0.717, 1.165) is 25.2 Å². The molecule has 1 aliphatic heterocycles. The van der Waals surface area contributed by atoms with Crippen LogP contribution < -0.4 is 0 Å². The third-order valence-corrected chi connectivity index (χ3v) is 5.33. The molecule has 135 valence electrons. The molecule has 4 rings (SSSR count). The van der Waals surface area contributed by atoms with E-state index in [0.29, 0.717) is 0 Å². The third-order valence-electron chi connectivity index (χ3n) is 5.33. The molecule has 1 radical (unpaired) electrons. The number of Topliss-reactive ketones (excluding diaryl/α,β-unsaturated/α-hetero) is 1. The second-order valence-electron chi connectivity index (χ2n) is 7.19. The van der Waals surface area contributed by atoms with Crippen molar-refractivity contribution in [1.82, 2.24) is 4.90 Å². The summed E-state index contributed by atoms with van der Waals surface area (Å²) in [5, 5.41) is 0. The van der Waals surface area contributed by atoms with Gasteiger partial charge in [0, 0.05) is 31.1 Å². The molecule has 0 saturated carbocycles. The van der Waals surface area contributed by atoms with Gasteiger partial charge >= 0.3 is 0 Å². The molecule has 1 aliphatic rings. The van der Waals surface area contributed by atoms with Crippen LogP contribution in [0.3, 0.4) is 0 Å². The normalized spacial score (nSPS) is 20.3. The molecule has 2 heteroatoms. The van der Waals surface area contributed by atoms with E-state index in [-0.39, 0.29) is 17.6 Å². The summed E-state index contributed by atoms with van der Waals surface area (Å²) in [7, 11) is 0. The Morgan fingerprint density at radius 3 is 2.07 bits per heavy atom. The monoisotopic (exact) mass is 354 g/mol.